The molecule has 1 N–H and O–H groups in total. The van der Waals surface area contributed by atoms with Crippen molar-refractivity contribution in [3.8, 4) is 0 Å². The molecule has 0 aliphatic heterocycles. The molecule has 3 nitrogen and oxygen atoms in total. The number of furan rings is 1. The van der Waals surface area contributed by atoms with E-state index in [1.165, 1.54) is 0 Å². The Morgan fingerprint density at radius 3 is 2.67 bits per heavy atom. The van der Waals surface area contributed by atoms with Gasteiger partial charge in [0.05, 0.1) is 0 Å². The highest BCUT2D eigenvalue weighted by Gasteiger charge is 2.17. The van der Waals surface area contributed by atoms with E-state index in [0.29, 0.717) is 11.2 Å². The van der Waals surface area contributed by atoms with Gasteiger partial charge in [0.1, 0.15) is 0 Å². The lowest BCUT2D eigenvalue weighted by Gasteiger charge is -2.18. The first-order chi connectivity index (χ1) is 7.04. The molecule has 5 heteroatoms. The van der Waals surface area contributed by atoms with E-state index >= 15 is 0 Å². The predicted molar refractivity (Wildman–Crippen MR) is 63.6 cm³/mol. The standard InChI is InChI=1S/C10H13BrClNO2/c1-6(2)7(5-11)13-10(14)8-3-4-9(12)15-8/h3-4,6-7H,5H2,1-2H3,(H,13,14). The summed E-state index contributed by atoms with van der Waals surface area (Å²) >= 11 is 8.93. The molecule has 0 radical (unpaired) electrons. The summed E-state index contributed by atoms with van der Waals surface area (Å²) in [4.78, 5) is 11.6. The Labute approximate surface area is 102 Å². The summed E-state index contributed by atoms with van der Waals surface area (Å²) in [6.07, 6.45) is 0. The maximum Gasteiger partial charge on any atom is 0.287 e. The summed E-state index contributed by atoms with van der Waals surface area (Å²) in [6.45, 7) is 4.09. The van der Waals surface area contributed by atoms with E-state index in [0.717, 1.165) is 0 Å². The van der Waals surface area contributed by atoms with Crippen molar-refractivity contribution >= 4 is 33.4 Å². The van der Waals surface area contributed by atoms with Crippen LogP contribution in [0.4, 0.5) is 0 Å². The fourth-order valence-corrected chi connectivity index (χ4v) is 2.11. The van der Waals surface area contributed by atoms with Crippen molar-refractivity contribution in [2.24, 2.45) is 5.92 Å². The molecule has 1 aromatic rings. The van der Waals surface area contributed by atoms with E-state index in [9.17, 15) is 4.79 Å². The number of rotatable bonds is 4. The largest absolute Gasteiger partial charge is 0.440 e. The molecule has 1 rings (SSSR count). The van der Waals surface area contributed by atoms with Crippen LogP contribution in [0.1, 0.15) is 24.4 Å². The fourth-order valence-electron chi connectivity index (χ4n) is 1.06. The third kappa shape index (κ3) is 3.54. The van der Waals surface area contributed by atoms with Crippen LogP contribution in [0.5, 0.6) is 0 Å². The summed E-state index contributed by atoms with van der Waals surface area (Å²) in [6, 6.07) is 3.19. The van der Waals surface area contributed by atoms with E-state index in [1.807, 2.05) is 13.8 Å². The molecule has 0 fully saturated rings. The minimum atomic E-state index is -0.236. The van der Waals surface area contributed by atoms with Crippen LogP contribution in [0.25, 0.3) is 0 Å². The van der Waals surface area contributed by atoms with Crippen molar-refractivity contribution in [2.45, 2.75) is 19.9 Å². The van der Waals surface area contributed by atoms with Gasteiger partial charge in [-0.2, -0.15) is 0 Å². The molecule has 1 unspecified atom stereocenters. The molecule has 1 aromatic heterocycles. The Kier molecular flexibility index (Phi) is 4.67. The van der Waals surface area contributed by atoms with Crippen LogP contribution >= 0.6 is 27.5 Å². The molecule has 0 aromatic carbocycles. The first-order valence-electron chi connectivity index (χ1n) is 4.66. The molecule has 1 heterocycles. The van der Waals surface area contributed by atoms with Crippen molar-refractivity contribution in [3.63, 3.8) is 0 Å². The highest BCUT2D eigenvalue weighted by Crippen LogP contribution is 2.14. The molecular weight excluding hydrogens is 281 g/mol. The fraction of sp³-hybridized carbons (Fsp3) is 0.500. The Morgan fingerprint density at radius 2 is 2.27 bits per heavy atom. The number of hydrogen-bond donors (Lipinski definition) is 1. The van der Waals surface area contributed by atoms with Gasteiger partial charge >= 0.3 is 0 Å². The number of hydrogen-bond acceptors (Lipinski definition) is 2. The van der Waals surface area contributed by atoms with Gasteiger partial charge in [0.2, 0.25) is 0 Å². The van der Waals surface area contributed by atoms with Crippen molar-refractivity contribution in [2.75, 3.05) is 5.33 Å². The topological polar surface area (TPSA) is 42.2 Å². The average molecular weight is 295 g/mol. The third-order valence-electron chi connectivity index (χ3n) is 2.08. The molecule has 0 bridgehead atoms. The Morgan fingerprint density at radius 1 is 1.60 bits per heavy atom. The van der Waals surface area contributed by atoms with Gasteiger partial charge < -0.3 is 9.73 Å². The highest BCUT2D eigenvalue weighted by atomic mass is 79.9. The van der Waals surface area contributed by atoms with Crippen LogP contribution in [0.3, 0.4) is 0 Å². The van der Waals surface area contributed by atoms with E-state index < -0.39 is 0 Å². The van der Waals surface area contributed by atoms with Crippen molar-refractivity contribution in [3.05, 3.63) is 23.1 Å². The van der Waals surface area contributed by atoms with Crippen molar-refractivity contribution < 1.29 is 9.21 Å². The van der Waals surface area contributed by atoms with Gasteiger partial charge in [-0.3, -0.25) is 4.79 Å². The van der Waals surface area contributed by atoms with Crippen LogP contribution in [0, 0.1) is 5.92 Å². The quantitative estimate of drug-likeness (QED) is 0.867. The van der Waals surface area contributed by atoms with E-state index in [1.54, 1.807) is 12.1 Å². The molecular formula is C10H13BrClNO2. The van der Waals surface area contributed by atoms with Gasteiger partial charge in [-0.05, 0) is 29.7 Å². The minimum Gasteiger partial charge on any atom is -0.440 e. The zero-order chi connectivity index (χ0) is 11.4. The van der Waals surface area contributed by atoms with Crippen molar-refractivity contribution in [1.29, 1.82) is 0 Å². The predicted octanol–water partition coefficient (Wildman–Crippen LogP) is 3.08. The molecule has 0 spiro atoms. The molecule has 1 amide bonds. The second-order valence-corrected chi connectivity index (χ2v) is 4.60. The van der Waals surface area contributed by atoms with Gasteiger partial charge in [0.25, 0.3) is 5.91 Å². The van der Waals surface area contributed by atoms with E-state index in [2.05, 4.69) is 21.2 Å². The van der Waals surface area contributed by atoms with Crippen molar-refractivity contribution in [1.82, 2.24) is 5.32 Å². The number of nitrogens with one attached hydrogen (secondary N) is 1. The molecule has 15 heavy (non-hydrogen) atoms. The van der Waals surface area contributed by atoms with Gasteiger partial charge in [0, 0.05) is 11.4 Å². The van der Waals surface area contributed by atoms with E-state index in [4.69, 9.17) is 16.0 Å². The monoisotopic (exact) mass is 293 g/mol. The van der Waals surface area contributed by atoms with Crippen LogP contribution in [0.15, 0.2) is 16.5 Å². The van der Waals surface area contributed by atoms with Crippen LogP contribution in [0.2, 0.25) is 5.22 Å². The lowest BCUT2D eigenvalue weighted by Crippen LogP contribution is -2.39. The maximum atomic E-state index is 11.6. The van der Waals surface area contributed by atoms with Gasteiger partial charge in [-0.25, -0.2) is 0 Å². The molecule has 0 aliphatic rings. The number of halogens is 2. The van der Waals surface area contributed by atoms with Crippen LogP contribution in [-0.4, -0.2) is 17.3 Å². The summed E-state index contributed by atoms with van der Waals surface area (Å²) in [7, 11) is 0. The Hall–Kier alpha value is -0.480. The van der Waals surface area contributed by atoms with Crippen LogP contribution in [-0.2, 0) is 0 Å². The van der Waals surface area contributed by atoms with E-state index in [-0.39, 0.29) is 22.9 Å². The third-order valence-corrected chi connectivity index (χ3v) is 2.99. The summed E-state index contributed by atoms with van der Waals surface area (Å²) in [5.41, 5.74) is 0. The second-order valence-electron chi connectivity index (χ2n) is 3.58. The smallest absolute Gasteiger partial charge is 0.287 e. The summed E-state index contributed by atoms with van der Waals surface area (Å²) in [5, 5.41) is 3.79. The summed E-state index contributed by atoms with van der Waals surface area (Å²) < 4.78 is 5.01. The molecule has 0 saturated heterocycles. The Balaban J connectivity index is 2.62. The highest BCUT2D eigenvalue weighted by molar-refractivity contribution is 9.09. The van der Waals surface area contributed by atoms with Gasteiger partial charge in [-0.15, -0.1) is 0 Å². The minimum absolute atomic E-state index is 0.0846. The zero-order valence-electron chi connectivity index (χ0n) is 8.59. The maximum absolute atomic E-state index is 11.6. The van der Waals surface area contributed by atoms with Gasteiger partial charge in [-0.1, -0.05) is 29.8 Å². The van der Waals surface area contributed by atoms with Crippen LogP contribution < -0.4 is 5.32 Å². The lowest BCUT2D eigenvalue weighted by molar-refractivity contribution is 0.0904. The van der Waals surface area contributed by atoms with Gasteiger partial charge in [0.15, 0.2) is 11.0 Å². The first-order valence-corrected chi connectivity index (χ1v) is 6.16. The number of carbonyl (C=O) groups excluding carboxylic acids is 1. The zero-order valence-corrected chi connectivity index (χ0v) is 10.9. The second kappa shape index (κ2) is 5.56. The molecule has 0 aliphatic carbocycles. The molecule has 1 atom stereocenters. The summed E-state index contributed by atoms with van der Waals surface area (Å²) in [5.74, 6) is 0.366. The first kappa shape index (κ1) is 12.6. The normalized spacial score (nSPS) is 12.9. The number of amides is 1. The Bertz CT molecular complexity index is 338. The lowest BCUT2D eigenvalue weighted by atomic mass is 10.1. The number of alkyl halides is 1. The number of carbonyl (C=O) groups is 1. The SMILES string of the molecule is CC(C)C(CBr)NC(=O)c1ccc(Cl)o1. The average Bonchev–Trinajstić information content (AvgIpc) is 2.60. The molecule has 0 saturated carbocycles. The molecule has 84 valence electrons.